The van der Waals surface area contributed by atoms with Crippen LogP contribution in [0.25, 0.3) is 6.08 Å². The number of rotatable bonds is 42. The number of halogens is 4. The number of aryl methyl sites for hydroxylation is 1. The van der Waals surface area contributed by atoms with Gasteiger partial charge in [0.05, 0.1) is 162 Å². The number of nitrogens with two attached hydrogens (primary N) is 1. The topological polar surface area (TPSA) is 207 Å². The molecule has 1 saturated heterocycles. The summed E-state index contributed by atoms with van der Waals surface area (Å²) >= 11 is 1.63. The molecule has 19 nitrogen and oxygen atoms in total. The van der Waals surface area contributed by atoms with Crippen molar-refractivity contribution in [1.82, 2.24) is 9.96 Å². The van der Waals surface area contributed by atoms with Gasteiger partial charge in [-0.15, -0.1) is 11.3 Å². The molecule has 2 N–H and O–H groups in total. The number of likely N-dealkylation sites (tertiary alicyclic amines) is 1. The lowest BCUT2D eigenvalue weighted by molar-refractivity contribution is -0.180. The Hall–Kier alpha value is -4.18. The van der Waals surface area contributed by atoms with Crippen molar-refractivity contribution in [3.8, 4) is 5.75 Å². The average Bonchev–Trinajstić information content (AvgIpc) is 3.65. The van der Waals surface area contributed by atoms with Crippen LogP contribution in [0.4, 0.5) is 23.2 Å². The minimum absolute atomic E-state index is 0.0158. The summed E-state index contributed by atoms with van der Waals surface area (Å²) in [5.41, 5.74) is 7.55. The number of ether oxygens (including phenoxy) is 11. The summed E-state index contributed by atoms with van der Waals surface area (Å²) in [6, 6.07) is 2.07. The Morgan fingerprint density at radius 3 is 1.58 bits per heavy atom. The van der Waals surface area contributed by atoms with Gasteiger partial charge in [-0.2, -0.15) is 8.78 Å². The molecule has 0 saturated carbocycles. The lowest BCUT2D eigenvalue weighted by Gasteiger charge is -2.39. The molecule has 2 aliphatic heterocycles. The van der Waals surface area contributed by atoms with Gasteiger partial charge < -0.3 is 62.7 Å². The first-order valence-electron chi connectivity index (χ1n) is 24.7. The fraction of sp³-hybridized carbons (Fsp3) is 0.673. The first kappa shape index (κ1) is 61.4. The second-order valence-corrected chi connectivity index (χ2v) is 17.5. The lowest BCUT2D eigenvalue weighted by atomic mass is 9.94. The summed E-state index contributed by atoms with van der Waals surface area (Å²) in [7, 11) is 0. The lowest BCUT2D eigenvalue weighted by Crippen LogP contribution is -2.50. The van der Waals surface area contributed by atoms with E-state index >= 15 is 0 Å². The third kappa shape index (κ3) is 24.4. The largest absolute Gasteiger partial charge is 0.420 e. The summed E-state index contributed by atoms with van der Waals surface area (Å²) in [5.74, 6) is -8.77. The number of fused-ring (bicyclic) bond motifs is 1. The van der Waals surface area contributed by atoms with Gasteiger partial charge in [0.15, 0.2) is 11.6 Å². The summed E-state index contributed by atoms with van der Waals surface area (Å²) in [4.78, 5) is 51.7. The number of carbonyl (C=O) groups excluding carboxylic acids is 3. The Labute approximate surface area is 428 Å². The molecule has 1 aromatic carbocycles. The van der Waals surface area contributed by atoms with Gasteiger partial charge in [0.2, 0.25) is 23.3 Å². The molecule has 0 spiro atoms. The maximum Gasteiger partial charge on any atom is 0.313 e. The predicted octanol–water partition coefficient (Wildman–Crippen LogP) is 5.21. The first-order chi connectivity index (χ1) is 35.5. The van der Waals surface area contributed by atoms with Crippen LogP contribution < -0.4 is 10.5 Å². The Balaban J connectivity index is 0.823. The minimum atomic E-state index is -1.80. The highest BCUT2D eigenvalue weighted by molar-refractivity contribution is 7.13. The van der Waals surface area contributed by atoms with E-state index in [-0.39, 0.29) is 44.1 Å². The van der Waals surface area contributed by atoms with Crippen LogP contribution >= 0.6 is 11.3 Å². The summed E-state index contributed by atoms with van der Waals surface area (Å²) in [6.07, 6.45) is 4.71. The molecule has 1 fully saturated rings. The molecule has 1 aromatic heterocycles. The number of hydroxylamine groups is 2. The summed E-state index contributed by atoms with van der Waals surface area (Å²) < 4.78 is 112. The SMILES string of the molecule is CCCN(OCC)C(=O)C1=Cc2sc(CCC3CN(C(=O)CCOCCOCCOCCOCCOCCOCCOCCOCCOCCOCCC(=O)Oc4c(F)c(F)cc(F)c4F)C3)cc2N=C(N)C1. The van der Waals surface area contributed by atoms with Crippen molar-refractivity contribution in [3.05, 3.63) is 50.7 Å². The van der Waals surface area contributed by atoms with Crippen LogP contribution in [0, 0.1) is 29.2 Å². The zero-order valence-electron chi connectivity index (χ0n) is 42.0. The second kappa shape index (κ2) is 36.7. The fourth-order valence-corrected chi connectivity index (χ4v) is 7.99. The second-order valence-electron chi connectivity index (χ2n) is 16.3. The first-order valence-corrected chi connectivity index (χ1v) is 25.5. The van der Waals surface area contributed by atoms with Gasteiger partial charge in [0.25, 0.3) is 5.91 Å². The van der Waals surface area contributed by atoms with Gasteiger partial charge >= 0.3 is 5.97 Å². The smallest absolute Gasteiger partial charge is 0.313 e. The van der Waals surface area contributed by atoms with E-state index in [2.05, 4.69) is 15.8 Å². The molecule has 24 heteroatoms. The zero-order valence-corrected chi connectivity index (χ0v) is 42.8. The van der Waals surface area contributed by atoms with Crippen molar-refractivity contribution in [2.45, 2.75) is 52.4 Å². The molecular weight excluding hydrogens is 993 g/mol. The quantitative estimate of drug-likeness (QED) is 0.0226. The summed E-state index contributed by atoms with van der Waals surface area (Å²) in [5, 5.41) is 1.41. The normalized spacial score (nSPS) is 13.6. The van der Waals surface area contributed by atoms with Crippen LogP contribution in [0.2, 0.25) is 0 Å². The molecule has 3 heterocycles. The Morgan fingerprint density at radius 1 is 0.671 bits per heavy atom. The number of hydrogen-bond donors (Lipinski definition) is 1. The van der Waals surface area contributed by atoms with E-state index in [1.54, 1.807) is 11.3 Å². The van der Waals surface area contributed by atoms with Crippen LogP contribution in [0.1, 0.15) is 55.7 Å². The van der Waals surface area contributed by atoms with Gasteiger partial charge in [-0.05, 0) is 44.2 Å². The Kier molecular flexibility index (Phi) is 30.9. The molecule has 73 heavy (non-hydrogen) atoms. The number of hydrogen-bond acceptors (Lipinski definition) is 18. The Morgan fingerprint density at radius 2 is 1.12 bits per heavy atom. The van der Waals surface area contributed by atoms with Crippen LogP contribution in [0.5, 0.6) is 5.75 Å². The van der Waals surface area contributed by atoms with E-state index in [1.165, 1.54) is 9.94 Å². The fourth-order valence-electron chi connectivity index (χ4n) is 6.90. The molecule has 0 radical (unpaired) electrons. The number of amides is 2. The van der Waals surface area contributed by atoms with Gasteiger partial charge in [0.1, 0.15) is 5.84 Å². The molecule has 0 bridgehead atoms. The van der Waals surface area contributed by atoms with Crippen molar-refractivity contribution in [2.24, 2.45) is 16.6 Å². The molecule has 0 aliphatic carbocycles. The van der Waals surface area contributed by atoms with Crippen LogP contribution in [0.15, 0.2) is 22.7 Å². The van der Waals surface area contributed by atoms with Gasteiger partial charge in [0, 0.05) is 42.6 Å². The highest BCUT2D eigenvalue weighted by Gasteiger charge is 2.30. The van der Waals surface area contributed by atoms with Crippen molar-refractivity contribution in [1.29, 1.82) is 0 Å². The van der Waals surface area contributed by atoms with E-state index in [0.29, 0.717) is 149 Å². The number of benzene rings is 1. The van der Waals surface area contributed by atoms with Crippen LogP contribution in [-0.2, 0) is 73.0 Å². The van der Waals surface area contributed by atoms with E-state index in [4.69, 9.17) is 57.9 Å². The monoisotopic (exact) mass is 1060 g/mol. The van der Waals surface area contributed by atoms with Crippen molar-refractivity contribution >= 4 is 46.7 Å². The molecule has 2 aliphatic rings. The van der Waals surface area contributed by atoms with Gasteiger partial charge in [-0.1, -0.05) is 6.92 Å². The van der Waals surface area contributed by atoms with Crippen molar-refractivity contribution < 1.29 is 88.9 Å². The average molecular weight is 1070 g/mol. The molecule has 0 atom stereocenters. The summed E-state index contributed by atoms with van der Waals surface area (Å²) in [6.45, 7) is 13.1. The molecule has 0 unspecified atom stereocenters. The molecule has 4 rings (SSSR count). The standard InChI is InChI=1S/C49H72F4N4O15S/c1-3-9-57(71-4-2)49(60)37-30-42-41(55-43(54)31-37)32-38(73-42)6-5-36-34-56(35-36)44(58)7-10-61-12-14-63-16-18-65-20-22-67-24-26-69-28-29-70-27-25-68-23-21-66-19-17-64-15-13-62-11-8-45(59)72-48-46(52)39(50)33-40(51)47(48)53/h30,32-33,36H,3-29,31,34-35H2,1-2H3,(H2,54,55). The third-order valence-corrected chi connectivity index (χ3v) is 11.7. The number of esters is 1. The molecular formula is C49H72F4N4O15S. The number of thiophene rings is 1. The zero-order chi connectivity index (χ0) is 52.5. The number of amidine groups is 1. The highest BCUT2D eigenvalue weighted by atomic mass is 32.1. The molecule has 2 aromatic rings. The predicted molar refractivity (Wildman–Crippen MR) is 260 cm³/mol. The highest BCUT2D eigenvalue weighted by Crippen LogP contribution is 2.36. The maximum atomic E-state index is 13.6. The van der Waals surface area contributed by atoms with Crippen molar-refractivity contribution in [2.75, 3.05) is 158 Å². The number of nitrogens with zero attached hydrogens (tertiary/aromatic N) is 3. The molecule has 412 valence electrons. The minimum Gasteiger partial charge on any atom is -0.420 e. The van der Waals surface area contributed by atoms with Crippen molar-refractivity contribution in [3.63, 3.8) is 0 Å². The van der Waals surface area contributed by atoms with E-state index in [1.807, 2.05) is 24.8 Å². The number of carbonyl (C=O) groups is 3. The third-order valence-electron chi connectivity index (χ3n) is 10.6. The van der Waals surface area contributed by atoms with E-state index < -0.39 is 41.4 Å². The number of aliphatic imine (C=N–C) groups is 1. The van der Waals surface area contributed by atoms with Crippen LogP contribution in [0.3, 0.4) is 0 Å². The van der Waals surface area contributed by atoms with Gasteiger partial charge in [-0.25, -0.2) is 18.8 Å². The maximum absolute atomic E-state index is 13.6. The van der Waals surface area contributed by atoms with Crippen LogP contribution in [-0.4, -0.2) is 192 Å². The molecule has 2 amide bonds. The van der Waals surface area contributed by atoms with E-state index in [0.717, 1.165) is 42.9 Å². The Bertz CT molecular complexity index is 1960. The van der Waals surface area contributed by atoms with E-state index in [9.17, 15) is 31.9 Å². The van der Waals surface area contributed by atoms with Gasteiger partial charge in [-0.3, -0.25) is 19.2 Å².